The molecule has 0 aliphatic carbocycles. The predicted octanol–water partition coefficient (Wildman–Crippen LogP) is 5.73. The van der Waals surface area contributed by atoms with E-state index in [1.54, 1.807) is 18.2 Å². The summed E-state index contributed by atoms with van der Waals surface area (Å²) in [6.45, 7) is 5.80. The van der Waals surface area contributed by atoms with Crippen LogP contribution in [0.15, 0.2) is 66.4 Å². The molecule has 1 N–H and O–H groups in total. The first-order chi connectivity index (χ1) is 15.7. The molecule has 168 valence electrons. The molecule has 33 heavy (non-hydrogen) atoms. The Morgan fingerprint density at radius 1 is 0.818 bits per heavy atom. The van der Waals surface area contributed by atoms with Gasteiger partial charge in [0.1, 0.15) is 5.70 Å². The van der Waals surface area contributed by atoms with Crippen LogP contribution in [0.3, 0.4) is 0 Å². The van der Waals surface area contributed by atoms with Gasteiger partial charge >= 0.3 is 0 Å². The monoisotopic (exact) mass is 459 g/mol. The quantitative estimate of drug-likeness (QED) is 0.495. The lowest BCUT2D eigenvalue weighted by molar-refractivity contribution is -0.120. The average Bonchev–Trinajstić information content (AvgIpc) is 3.00. The van der Waals surface area contributed by atoms with Gasteiger partial charge in [-0.1, -0.05) is 41.4 Å². The molecule has 0 atom stereocenters. The van der Waals surface area contributed by atoms with Crippen LogP contribution in [0.25, 0.3) is 5.57 Å². The van der Waals surface area contributed by atoms with Gasteiger partial charge in [-0.2, -0.15) is 0 Å². The highest BCUT2D eigenvalue weighted by Crippen LogP contribution is 2.37. The maximum Gasteiger partial charge on any atom is 0.282 e. The number of carbonyl (C=O) groups excluding carboxylic acids is 2. The fourth-order valence-corrected chi connectivity index (χ4v) is 4.19. The Labute approximate surface area is 199 Å². The van der Waals surface area contributed by atoms with Gasteiger partial charge in [0.25, 0.3) is 11.8 Å². The molecule has 0 saturated carbocycles. The largest absolute Gasteiger partial charge is 0.378 e. The van der Waals surface area contributed by atoms with Crippen LogP contribution in [0.4, 0.5) is 17.1 Å². The highest BCUT2D eigenvalue weighted by atomic mass is 35.5. The molecule has 5 nitrogen and oxygen atoms in total. The molecule has 0 fully saturated rings. The van der Waals surface area contributed by atoms with Gasteiger partial charge in [-0.25, -0.2) is 4.90 Å². The lowest BCUT2D eigenvalue weighted by Crippen LogP contribution is -2.33. The SMILES string of the molecule is Cc1ccc(C2=C(Nc3ccc(N(C)C)cc3)C(=O)N(c3cc(Cl)ccc3C)C2=O)c(C)c1. The van der Waals surface area contributed by atoms with Crippen LogP contribution in [0.2, 0.25) is 5.02 Å². The number of halogens is 1. The van der Waals surface area contributed by atoms with E-state index in [1.807, 2.05) is 82.2 Å². The van der Waals surface area contributed by atoms with Crippen LogP contribution in [0.1, 0.15) is 22.3 Å². The summed E-state index contributed by atoms with van der Waals surface area (Å²) in [5, 5.41) is 3.69. The Bertz CT molecular complexity index is 1290. The van der Waals surface area contributed by atoms with E-state index in [0.717, 1.165) is 33.6 Å². The minimum absolute atomic E-state index is 0.254. The van der Waals surface area contributed by atoms with E-state index >= 15 is 0 Å². The van der Waals surface area contributed by atoms with Crippen molar-refractivity contribution in [3.63, 3.8) is 0 Å². The lowest BCUT2D eigenvalue weighted by atomic mass is 9.97. The Balaban J connectivity index is 1.85. The van der Waals surface area contributed by atoms with Gasteiger partial charge < -0.3 is 10.2 Å². The van der Waals surface area contributed by atoms with Crippen molar-refractivity contribution < 1.29 is 9.59 Å². The van der Waals surface area contributed by atoms with Crippen LogP contribution >= 0.6 is 11.6 Å². The molecule has 0 spiro atoms. The Morgan fingerprint density at radius 3 is 2.15 bits per heavy atom. The van der Waals surface area contributed by atoms with Crippen LogP contribution < -0.4 is 15.1 Å². The Hall–Kier alpha value is -3.57. The molecule has 6 heteroatoms. The van der Waals surface area contributed by atoms with Crippen molar-refractivity contribution >= 4 is 46.1 Å². The second-order valence-electron chi connectivity index (χ2n) is 8.51. The molecular weight excluding hydrogens is 434 g/mol. The van der Waals surface area contributed by atoms with Crippen molar-refractivity contribution in [3.8, 4) is 0 Å². The first-order valence-corrected chi connectivity index (χ1v) is 11.1. The van der Waals surface area contributed by atoms with E-state index in [1.165, 1.54) is 4.90 Å². The molecule has 1 aliphatic heterocycles. The molecule has 3 aromatic rings. The zero-order chi connectivity index (χ0) is 23.9. The Kier molecular flexibility index (Phi) is 6.00. The van der Waals surface area contributed by atoms with Crippen molar-refractivity contribution in [3.05, 3.63) is 93.6 Å². The molecular formula is C27H26ClN3O2. The summed E-state index contributed by atoms with van der Waals surface area (Å²) in [6.07, 6.45) is 0. The third-order valence-corrected chi connectivity index (χ3v) is 6.04. The minimum atomic E-state index is -0.406. The number of rotatable bonds is 5. The predicted molar refractivity (Wildman–Crippen MR) is 136 cm³/mol. The normalized spacial score (nSPS) is 13.7. The van der Waals surface area contributed by atoms with Crippen molar-refractivity contribution in [2.75, 3.05) is 29.2 Å². The molecule has 0 bridgehead atoms. The molecule has 0 aromatic heterocycles. The number of carbonyl (C=O) groups is 2. The molecule has 0 radical (unpaired) electrons. The Morgan fingerprint density at radius 2 is 1.52 bits per heavy atom. The number of imide groups is 1. The number of hydrogen-bond donors (Lipinski definition) is 1. The van der Waals surface area contributed by atoms with E-state index in [4.69, 9.17) is 11.6 Å². The van der Waals surface area contributed by atoms with Crippen LogP contribution in [0.5, 0.6) is 0 Å². The topological polar surface area (TPSA) is 52.7 Å². The smallest absolute Gasteiger partial charge is 0.282 e. The summed E-state index contributed by atoms with van der Waals surface area (Å²) in [7, 11) is 3.93. The van der Waals surface area contributed by atoms with Crippen LogP contribution in [0, 0.1) is 20.8 Å². The number of hydrogen-bond acceptors (Lipinski definition) is 4. The lowest BCUT2D eigenvalue weighted by Gasteiger charge is -2.18. The number of amides is 2. The zero-order valence-electron chi connectivity index (χ0n) is 19.4. The van der Waals surface area contributed by atoms with Crippen molar-refractivity contribution in [1.29, 1.82) is 0 Å². The maximum atomic E-state index is 13.7. The van der Waals surface area contributed by atoms with E-state index in [9.17, 15) is 9.59 Å². The first kappa shape index (κ1) is 22.6. The molecule has 1 heterocycles. The maximum absolute atomic E-state index is 13.7. The van der Waals surface area contributed by atoms with Gasteiger partial charge in [0.2, 0.25) is 0 Å². The van der Waals surface area contributed by atoms with E-state index < -0.39 is 5.91 Å². The summed E-state index contributed by atoms with van der Waals surface area (Å²) in [5.41, 5.74) is 6.39. The van der Waals surface area contributed by atoms with E-state index in [2.05, 4.69) is 5.32 Å². The van der Waals surface area contributed by atoms with E-state index in [0.29, 0.717) is 16.3 Å². The average molecular weight is 460 g/mol. The van der Waals surface area contributed by atoms with Gasteiger partial charge in [0.05, 0.1) is 11.3 Å². The first-order valence-electron chi connectivity index (χ1n) is 10.7. The fourth-order valence-electron chi connectivity index (χ4n) is 4.02. The molecule has 1 aliphatic rings. The summed E-state index contributed by atoms with van der Waals surface area (Å²) >= 11 is 6.21. The number of anilines is 3. The molecule has 3 aromatic carbocycles. The molecule has 0 saturated heterocycles. The highest BCUT2D eigenvalue weighted by molar-refractivity contribution is 6.46. The van der Waals surface area contributed by atoms with Gasteiger partial charge in [-0.3, -0.25) is 9.59 Å². The molecule has 2 amide bonds. The second-order valence-corrected chi connectivity index (χ2v) is 8.95. The van der Waals surface area contributed by atoms with Gasteiger partial charge in [-0.15, -0.1) is 0 Å². The summed E-state index contributed by atoms with van der Waals surface area (Å²) in [4.78, 5) is 30.6. The van der Waals surface area contributed by atoms with Crippen molar-refractivity contribution in [2.24, 2.45) is 0 Å². The van der Waals surface area contributed by atoms with Crippen molar-refractivity contribution in [1.82, 2.24) is 0 Å². The summed E-state index contributed by atoms with van der Waals surface area (Å²) < 4.78 is 0. The van der Waals surface area contributed by atoms with Gasteiger partial charge in [-0.05, 0) is 73.9 Å². The fraction of sp³-hybridized carbons (Fsp3) is 0.185. The standard InChI is InChI=1S/C27H26ClN3O2/c1-16-6-13-22(18(3)14-16)24-25(29-20-9-11-21(12-10-20)30(4)5)27(33)31(26(24)32)23-15-19(28)8-7-17(23)2/h6-15,29H,1-5H3. The number of aryl methyl sites for hydroxylation is 3. The number of nitrogens with zero attached hydrogens (tertiary/aromatic N) is 2. The van der Waals surface area contributed by atoms with Crippen molar-refractivity contribution in [2.45, 2.75) is 20.8 Å². The number of nitrogens with one attached hydrogen (secondary N) is 1. The number of benzene rings is 3. The molecule has 4 rings (SSSR count). The van der Waals surface area contributed by atoms with Gasteiger partial charge in [0.15, 0.2) is 0 Å². The molecule has 0 unspecified atom stereocenters. The van der Waals surface area contributed by atoms with Crippen LogP contribution in [-0.4, -0.2) is 25.9 Å². The minimum Gasteiger partial charge on any atom is -0.378 e. The van der Waals surface area contributed by atoms with E-state index in [-0.39, 0.29) is 11.6 Å². The van der Waals surface area contributed by atoms with Crippen LogP contribution in [-0.2, 0) is 9.59 Å². The second kappa shape index (κ2) is 8.75. The third kappa shape index (κ3) is 4.24. The summed E-state index contributed by atoms with van der Waals surface area (Å²) in [5.74, 6) is -0.776. The summed E-state index contributed by atoms with van der Waals surface area (Å²) in [6, 6.07) is 18.8. The van der Waals surface area contributed by atoms with Gasteiger partial charge in [0, 0.05) is 30.5 Å². The third-order valence-electron chi connectivity index (χ3n) is 5.80. The highest BCUT2D eigenvalue weighted by Gasteiger charge is 2.41. The zero-order valence-corrected chi connectivity index (χ0v) is 20.1.